The Morgan fingerprint density at radius 3 is 1.44 bits per heavy atom. The largest absolute Gasteiger partial charge is 0.481 e. The average molecular weight is 230 g/mol. The normalized spacial score (nSPS) is 9.44. The zero-order valence-corrected chi connectivity index (χ0v) is 11.4. The van der Waals surface area contributed by atoms with Crippen LogP contribution in [0.15, 0.2) is 0 Å². The van der Waals surface area contributed by atoms with Crippen LogP contribution in [0.1, 0.15) is 85.0 Å². The second kappa shape index (κ2) is 16.9. The minimum Gasteiger partial charge on any atom is -0.481 e. The van der Waals surface area contributed by atoms with Gasteiger partial charge in [0.2, 0.25) is 0 Å². The first kappa shape index (κ1) is 17.9. The van der Waals surface area contributed by atoms with E-state index in [-0.39, 0.29) is 0 Å². The van der Waals surface area contributed by atoms with Crippen LogP contribution in [0.5, 0.6) is 0 Å². The Morgan fingerprint density at radius 2 is 1.12 bits per heavy atom. The molecule has 2 heteroatoms. The number of aliphatic carboxylic acids is 1. The number of hydrogen-bond acceptors (Lipinski definition) is 1. The Bertz CT molecular complexity index is 129. The van der Waals surface area contributed by atoms with Crippen molar-refractivity contribution >= 4 is 5.97 Å². The molecule has 98 valence electrons. The van der Waals surface area contributed by atoms with Gasteiger partial charge in [0.05, 0.1) is 0 Å². The van der Waals surface area contributed by atoms with Gasteiger partial charge in [0, 0.05) is 6.42 Å². The van der Waals surface area contributed by atoms with E-state index in [1.807, 2.05) is 0 Å². The molecule has 0 unspecified atom stereocenters. The number of rotatable bonds is 9. The molecule has 0 saturated heterocycles. The summed E-state index contributed by atoms with van der Waals surface area (Å²) in [5, 5.41) is 8.21. The second-order valence-electron chi connectivity index (χ2n) is 4.27. The van der Waals surface area contributed by atoms with E-state index in [0.29, 0.717) is 6.42 Å². The van der Waals surface area contributed by atoms with E-state index >= 15 is 0 Å². The summed E-state index contributed by atoms with van der Waals surface area (Å²) in [4.78, 5) is 9.96. The van der Waals surface area contributed by atoms with Gasteiger partial charge in [0.25, 0.3) is 0 Å². The highest BCUT2D eigenvalue weighted by Gasteiger charge is 1.93. The van der Waals surface area contributed by atoms with Gasteiger partial charge in [-0.25, -0.2) is 0 Å². The number of hydrogen-bond donors (Lipinski definition) is 1. The van der Waals surface area contributed by atoms with Crippen molar-refractivity contribution in [3.05, 3.63) is 0 Å². The van der Waals surface area contributed by atoms with Gasteiger partial charge in [0.1, 0.15) is 0 Å². The maximum Gasteiger partial charge on any atom is 0.303 e. The minimum atomic E-state index is -0.675. The van der Waals surface area contributed by atoms with Gasteiger partial charge in [-0.1, -0.05) is 72.1 Å². The third kappa shape index (κ3) is 23.4. The summed E-state index contributed by atoms with van der Waals surface area (Å²) in [7, 11) is 0. The lowest BCUT2D eigenvalue weighted by atomic mass is 10.2. The summed E-state index contributed by atoms with van der Waals surface area (Å²) >= 11 is 0. The maximum absolute atomic E-state index is 9.96. The molecule has 2 nitrogen and oxygen atoms in total. The first-order chi connectivity index (χ1) is 7.68. The van der Waals surface area contributed by atoms with E-state index in [2.05, 4.69) is 20.8 Å². The van der Waals surface area contributed by atoms with Crippen LogP contribution >= 0.6 is 0 Å². The first-order valence-electron chi connectivity index (χ1n) is 6.90. The Hall–Kier alpha value is -0.530. The summed E-state index contributed by atoms with van der Waals surface area (Å²) < 4.78 is 0. The highest BCUT2D eigenvalue weighted by Crippen LogP contribution is 2.01. The van der Waals surface area contributed by atoms with Crippen molar-refractivity contribution in [2.75, 3.05) is 0 Å². The molecule has 0 saturated carbocycles. The van der Waals surface area contributed by atoms with Crippen LogP contribution in [0, 0.1) is 0 Å². The highest BCUT2D eigenvalue weighted by molar-refractivity contribution is 5.66. The van der Waals surface area contributed by atoms with Crippen molar-refractivity contribution in [3.8, 4) is 0 Å². The fourth-order valence-corrected chi connectivity index (χ4v) is 1.38. The molecule has 0 bridgehead atoms. The maximum atomic E-state index is 9.96. The Labute approximate surface area is 101 Å². The van der Waals surface area contributed by atoms with E-state index in [1.165, 1.54) is 38.5 Å². The van der Waals surface area contributed by atoms with Crippen LogP contribution in [0.25, 0.3) is 0 Å². The van der Waals surface area contributed by atoms with Gasteiger partial charge in [-0.2, -0.15) is 0 Å². The molecule has 0 aromatic rings. The number of carbonyl (C=O) groups is 1. The fraction of sp³-hybridized carbons (Fsp3) is 0.929. The van der Waals surface area contributed by atoms with E-state index in [4.69, 9.17) is 5.11 Å². The van der Waals surface area contributed by atoms with Crippen molar-refractivity contribution in [1.82, 2.24) is 0 Å². The quantitative estimate of drug-likeness (QED) is 0.565. The molecule has 0 aliphatic rings. The SMILES string of the molecule is CCCCCCC.CCCCCCC(=O)O. The van der Waals surface area contributed by atoms with Gasteiger partial charge < -0.3 is 5.11 Å². The van der Waals surface area contributed by atoms with Crippen LogP contribution in [-0.2, 0) is 4.79 Å². The lowest BCUT2D eigenvalue weighted by Crippen LogP contribution is -1.92. The predicted octanol–water partition coefficient (Wildman–Crippen LogP) is 5.02. The van der Waals surface area contributed by atoms with Crippen molar-refractivity contribution < 1.29 is 9.90 Å². The molecule has 0 amide bonds. The lowest BCUT2D eigenvalue weighted by molar-refractivity contribution is -0.137. The summed E-state index contributed by atoms with van der Waals surface area (Å²) in [6.45, 7) is 6.60. The lowest BCUT2D eigenvalue weighted by Gasteiger charge is -1.92. The van der Waals surface area contributed by atoms with Crippen LogP contribution in [0.2, 0.25) is 0 Å². The molecule has 0 rings (SSSR count). The van der Waals surface area contributed by atoms with E-state index < -0.39 is 5.97 Å². The molecule has 0 heterocycles. The van der Waals surface area contributed by atoms with Crippen LogP contribution in [0.4, 0.5) is 0 Å². The van der Waals surface area contributed by atoms with Crippen LogP contribution in [-0.4, -0.2) is 11.1 Å². The smallest absolute Gasteiger partial charge is 0.303 e. The Balaban J connectivity index is 0. The third-order valence-electron chi connectivity index (χ3n) is 2.45. The zero-order valence-electron chi connectivity index (χ0n) is 11.4. The van der Waals surface area contributed by atoms with Crippen molar-refractivity contribution in [3.63, 3.8) is 0 Å². The van der Waals surface area contributed by atoms with Crippen LogP contribution < -0.4 is 0 Å². The molecule has 0 atom stereocenters. The van der Waals surface area contributed by atoms with Gasteiger partial charge in [0.15, 0.2) is 0 Å². The summed E-state index contributed by atoms with van der Waals surface area (Å²) in [6, 6.07) is 0. The molecule has 0 aliphatic heterocycles. The number of carboxylic acid groups (broad SMARTS) is 1. The van der Waals surface area contributed by atoms with Gasteiger partial charge in [-0.05, 0) is 6.42 Å². The number of carboxylic acids is 1. The zero-order chi connectivity index (χ0) is 12.6. The Kier molecular flexibility index (Phi) is 18.8. The van der Waals surface area contributed by atoms with Crippen molar-refractivity contribution in [2.24, 2.45) is 0 Å². The fourth-order valence-electron chi connectivity index (χ4n) is 1.38. The number of unbranched alkanes of at least 4 members (excludes halogenated alkanes) is 7. The standard InChI is InChI=1S/C7H14O2.C7H16/c1-2-3-4-5-6-7(8)9;1-3-5-7-6-4-2/h2-6H2,1H3,(H,8,9);3-7H2,1-2H3. The Morgan fingerprint density at radius 1 is 0.750 bits per heavy atom. The molecule has 0 aromatic heterocycles. The van der Waals surface area contributed by atoms with E-state index in [0.717, 1.165) is 19.3 Å². The third-order valence-corrected chi connectivity index (χ3v) is 2.45. The van der Waals surface area contributed by atoms with E-state index in [9.17, 15) is 4.79 Å². The summed E-state index contributed by atoms with van der Waals surface area (Å²) in [5.74, 6) is -0.675. The molecular weight excluding hydrogens is 200 g/mol. The topological polar surface area (TPSA) is 37.3 Å². The monoisotopic (exact) mass is 230 g/mol. The molecule has 0 radical (unpaired) electrons. The highest BCUT2D eigenvalue weighted by atomic mass is 16.4. The van der Waals surface area contributed by atoms with E-state index in [1.54, 1.807) is 0 Å². The molecule has 0 spiro atoms. The minimum absolute atomic E-state index is 0.333. The molecule has 0 aliphatic carbocycles. The molecule has 0 aromatic carbocycles. The molecule has 16 heavy (non-hydrogen) atoms. The van der Waals surface area contributed by atoms with Crippen molar-refractivity contribution in [1.29, 1.82) is 0 Å². The molecule has 1 N–H and O–H groups in total. The second-order valence-corrected chi connectivity index (χ2v) is 4.27. The summed E-state index contributed by atoms with van der Waals surface area (Å²) in [5.41, 5.74) is 0. The van der Waals surface area contributed by atoms with Crippen molar-refractivity contribution in [2.45, 2.75) is 85.0 Å². The van der Waals surface area contributed by atoms with Gasteiger partial charge >= 0.3 is 5.97 Å². The first-order valence-corrected chi connectivity index (χ1v) is 6.90. The van der Waals surface area contributed by atoms with Gasteiger partial charge in [-0.3, -0.25) is 4.79 Å². The van der Waals surface area contributed by atoms with Crippen LogP contribution in [0.3, 0.4) is 0 Å². The summed E-state index contributed by atoms with van der Waals surface area (Å²) in [6.07, 6.45) is 11.6. The predicted molar refractivity (Wildman–Crippen MR) is 70.8 cm³/mol. The van der Waals surface area contributed by atoms with Gasteiger partial charge in [-0.15, -0.1) is 0 Å². The molecular formula is C14H30O2. The average Bonchev–Trinajstić information content (AvgIpc) is 2.26. The molecule has 0 fully saturated rings.